The van der Waals surface area contributed by atoms with E-state index in [2.05, 4.69) is 0 Å². The molecule has 2 rings (SSSR count). The molecule has 234 valence electrons. The van der Waals surface area contributed by atoms with E-state index in [1.54, 1.807) is 20.8 Å². The van der Waals surface area contributed by atoms with Crippen LogP contribution in [0, 0.1) is 11.3 Å². The maximum Gasteiger partial charge on any atom is 0.307 e. The van der Waals surface area contributed by atoms with Gasteiger partial charge < -0.3 is 33.9 Å². The topological polar surface area (TPSA) is 172 Å². The minimum absolute atomic E-state index is 0.140. The van der Waals surface area contributed by atoms with Gasteiger partial charge in [0.25, 0.3) is 0 Å². The Morgan fingerprint density at radius 1 is 0.762 bits per heavy atom. The van der Waals surface area contributed by atoms with Crippen molar-refractivity contribution in [3.63, 3.8) is 0 Å². The predicted molar refractivity (Wildman–Crippen MR) is 147 cm³/mol. The summed E-state index contributed by atoms with van der Waals surface area (Å²) in [5.74, 6) is -4.33. The lowest BCUT2D eigenvalue weighted by atomic mass is 9.60. The Hall–Kier alpha value is -3.51. The molecule has 0 aromatic carbocycles. The molecule has 0 radical (unpaired) electrons. The molecule has 12 nitrogen and oxygen atoms in total. The van der Waals surface area contributed by atoms with E-state index in [1.165, 1.54) is 33.8 Å². The number of carbonyl (C=O) groups is 5. The molecule has 0 aromatic rings. The highest BCUT2D eigenvalue weighted by Gasteiger charge is 2.50. The molecule has 0 unspecified atom stereocenters. The molecule has 0 aliphatic heterocycles. The van der Waals surface area contributed by atoms with Crippen molar-refractivity contribution in [3.05, 3.63) is 34.1 Å². The van der Waals surface area contributed by atoms with Gasteiger partial charge in [-0.25, -0.2) is 0 Å². The van der Waals surface area contributed by atoms with E-state index in [9.17, 15) is 34.2 Å². The van der Waals surface area contributed by atoms with Crippen LogP contribution in [0.2, 0.25) is 0 Å². The van der Waals surface area contributed by atoms with Gasteiger partial charge in [0, 0.05) is 52.5 Å². The number of aliphatic hydroxyl groups is 2. The minimum atomic E-state index is -1.36. The van der Waals surface area contributed by atoms with E-state index in [4.69, 9.17) is 23.7 Å². The van der Waals surface area contributed by atoms with Crippen LogP contribution in [0.1, 0.15) is 75.2 Å². The lowest BCUT2D eigenvalue weighted by molar-refractivity contribution is -0.153. The number of fused-ring (bicyclic) bond motifs is 2. The highest BCUT2D eigenvalue weighted by Crippen LogP contribution is 2.51. The molecule has 0 saturated heterocycles. The second-order valence-corrected chi connectivity index (χ2v) is 11.2. The van der Waals surface area contributed by atoms with E-state index in [0.29, 0.717) is 11.1 Å². The van der Waals surface area contributed by atoms with Gasteiger partial charge in [-0.3, -0.25) is 24.0 Å². The first-order valence-electron chi connectivity index (χ1n) is 13.7. The highest BCUT2D eigenvalue weighted by molar-refractivity contribution is 5.70. The molecule has 2 N–H and O–H groups in total. The maximum atomic E-state index is 12.5. The number of esters is 5. The zero-order valence-corrected chi connectivity index (χ0v) is 25.6. The van der Waals surface area contributed by atoms with Gasteiger partial charge in [-0.05, 0) is 42.4 Å². The maximum absolute atomic E-state index is 12.5. The molecule has 0 saturated carbocycles. The van der Waals surface area contributed by atoms with Crippen LogP contribution < -0.4 is 0 Å². The van der Waals surface area contributed by atoms with Crippen LogP contribution in [0.3, 0.4) is 0 Å². The third-order valence-electron chi connectivity index (χ3n) is 7.65. The van der Waals surface area contributed by atoms with Crippen molar-refractivity contribution in [3.8, 4) is 0 Å². The van der Waals surface area contributed by atoms with Crippen molar-refractivity contribution < 1.29 is 57.9 Å². The first kappa shape index (κ1) is 34.7. The highest BCUT2D eigenvalue weighted by atomic mass is 16.6. The van der Waals surface area contributed by atoms with Crippen LogP contribution in [-0.2, 0) is 47.7 Å². The number of hydrogen-bond acceptors (Lipinski definition) is 12. The third-order valence-corrected chi connectivity index (χ3v) is 7.65. The first-order valence-corrected chi connectivity index (χ1v) is 13.7. The van der Waals surface area contributed by atoms with Crippen LogP contribution >= 0.6 is 0 Å². The summed E-state index contributed by atoms with van der Waals surface area (Å²) in [6, 6.07) is 0. The molecule has 0 amide bonds. The lowest BCUT2D eigenvalue weighted by Crippen LogP contribution is -2.48. The van der Waals surface area contributed by atoms with Gasteiger partial charge in [-0.2, -0.15) is 0 Å². The van der Waals surface area contributed by atoms with Crippen molar-refractivity contribution in [2.24, 2.45) is 11.3 Å². The Balaban J connectivity index is 3.11. The number of hydrogen-bond donors (Lipinski definition) is 2. The van der Waals surface area contributed by atoms with Gasteiger partial charge in [0.05, 0.1) is 12.7 Å². The fourth-order valence-corrected chi connectivity index (χ4v) is 5.88. The Kier molecular flexibility index (Phi) is 11.7. The van der Waals surface area contributed by atoms with Gasteiger partial charge in [-0.15, -0.1) is 0 Å². The summed E-state index contributed by atoms with van der Waals surface area (Å²) >= 11 is 0. The summed E-state index contributed by atoms with van der Waals surface area (Å²) in [5, 5.41) is 21.9. The van der Waals surface area contributed by atoms with Crippen molar-refractivity contribution >= 4 is 29.8 Å². The predicted octanol–water partition coefficient (Wildman–Crippen LogP) is 2.60. The van der Waals surface area contributed by atoms with Crippen LogP contribution in [0.5, 0.6) is 0 Å². The molecule has 2 bridgehead atoms. The van der Waals surface area contributed by atoms with Crippen molar-refractivity contribution in [2.75, 3.05) is 6.61 Å². The van der Waals surface area contributed by atoms with Gasteiger partial charge in [0.1, 0.15) is 18.3 Å². The first-order chi connectivity index (χ1) is 19.4. The quantitative estimate of drug-likeness (QED) is 0.262. The molecule has 12 heteroatoms. The summed E-state index contributed by atoms with van der Waals surface area (Å²) in [6.07, 6.45) is -4.55. The summed E-state index contributed by atoms with van der Waals surface area (Å²) < 4.78 is 28.2. The average molecular weight is 595 g/mol. The number of carbonyl (C=O) groups excluding carboxylic acids is 5. The fraction of sp³-hybridized carbons (Fsp3) is 0.633. The Labute approximate surface area is 245 Å². The van der Waals surface area contributed by atoms with Gasteiger partial charge in [-0.1, -0.05) is 19.9 Å². The Morgan fingerprint density at radius 3 is 1.69 bits per heavy atom. The second-order valence-electron chi connectivity index (χ2n) is 11.2. The van der Waals surface area contributed by atoms with Crippen LogP contribution in [0.4, 0.5) is 0 Å². The van der Waals surface area contributed by atoms with Gasteiger partial charge in [0.2, 0.25) is 0 Å². The molecule has 6 atom stereocenters. The van der Waals surface area contributed by atoms with Crippen LogP contribution in [0.15, 0.2) is 34.1 Å². The molecule has 2 aliphatic rings. The lowest BCUT2D eigenvalue weighted by Gasteiger charge is -2.48. The number of ether oxygens (including phenoxy) is 5. The number of aliphatic hydroxyl groups excluding tert-OH is 2. The van der Waals surface area contributed by atoms with E-state index in [1.807, 2.05) is 0 Å². The molecule has 0 aromatic heterocycles. The molecular weight excluding hydrogens is 552 g/mol. The SMILES string of the molecule is CC(=O)O/C1=C(\C)[C@@H](OC(C)=O)C[C@H](OC(C)=O)/C(CO)=C/[C@H](O)[C@@H]2C[C@H](OC(C)=O)C(C)=C([C@H]1OC(C)=O)C2(C)C. The zero-order valence-electron chi connectivity index (χ0n) is 25.6. The minimum Gasteiger partial charge on any atom is -0.458 e. The third kappa shape index (κ3) is 8.28. The van der Waals surface area contributed by atoms with E-state index in [0.717, 1.165) is 13.8 Å². The van der Waals surface area contributed by atoms with Crippen LogP contribution in [-0.4, -0.2) is 77.2 Å². The summed E-state index contributed by atoms with van der Waals surface area (Å²) in [7, 11) is 0. The summed E-state index contributed by atoms with van der Waals surface area (Å²) in [5.41, 5.74) is 0.238. The van der Waals surface area contributed by atoms with Crippen molar-refractivity contribution in [2.45, 2.75) is 106 Å². The summed E-state index contributed by atoms with van der Waals surface area (Å²) in [4.78, 5) is 61.4. The van der Waals surface area contributed by atoms with Gasteiger partial charge >= 0.3 is 29.8 Å². The monoisotopic (exact) mass is 594 g/mol. The molecular formula is C30H42O12. The largest absolute Gasteiger partial charge is 0.458 e. The smallest absolute Gasteiger partial charge is 0.307 e. The molecule has 2 aliphatic carbocycles. The Morgan fingerprint density at radius 2 is 1.24 bits per heavy atom. The molecule has 0 heterocycles. The molecule has 42 heavy (non-hydrogen) atoms. The van der Waals surface area contributed by atoms with Crippen molar-refractivity contribution in [1.82, 2.24) is 0 Å². The zero-order chi connectivity index (χ0) is 32.1. The van der Waals surface area contributed by atoms with E-state index >= 15 is 0 Å². The normalized spacial score (nSPS) is 30.9. The number of rotatable bonds is 6. The summed E-state index contributed by atoms with van der Waals surface area (Å²) in [6.45, 7) is 12.1. The van der Waals surface area contributed by atoms with E-state index in [-0.39, 0.29) is 29.7 Å². The van der Waals surface area contributed by atoms with Crippen molar-refractivity contribution in [1.29, 1.82) is 0 Å². The molecule has 0 fully saturated rings. The van der Waals surface area contributed by atoms with E-state index < -0.39 is 78.3 Å². The fourth-order valence-electron chi connectivity index (χ4n) is 5.88. The standard InChI is InChI=1S/C30H42O12/c1-14-24(38-16(3)32)11-22-23(37)10-21(13-31)26(40-18(5)34)12-25(39-17(4)33)15(2)28(41-19(6)35)29(42-20(7)36)27(14)30(22,8)9/h10,22-26,29,31,37H,11-13H2,1-9H3/b21-10+,28-15+/t22-,23-,24-,25-,26-,29+/m0/s1. The average Bonchev–Trinajstić information content (AvgIpc) is 2.83. The Bertz CT molecular complexity index is 1190. The second kappa shape index (κ2) is 14.1. The van der Waals surface area contributed by atoms with Gasteiger partial charge in [0.15, 0.2) is 11.9 Å². The van der Waals surface area contributed by atoms with Crippen LogP contribution in [0.25, 0.3) is 0 Å². The molecule has 0 spiro atoms.